The first-order valence-electron chi connectivity index (χ1n) is 9.85. The number of nitrogens with zero attached hydrogens (tertiary/aromatic N) is 2. The van der Waals surface area contributed by atoms with Crippen LogP contribution in [0.3, 0.4) is 0 Å². The van der Waals surface area contributed by atoms with Crippen molar-refractivity contribution < 1.29 is 4.79 Å². The van der Waals surface area contributed by atoms with Gasteiger partial charge in [0.2, 0.25) is 0 Å². The summed E-state index contributed by atoms with van der Waals surface area (Å²) < 4.78 is 0. The fraction of sp³-hybridized carbons (Fsp3) is 0. The molecular weight excluding hydrogens is 368 g/mol. The predicted molar refractivity (Wildman–Crippen MR) is 124 cm³/mol. The molecule has 4 aromatic carbocycles. The second kappa shape index (κ2) is 9.39. The van der Waals surface area contributed by atoms with Crippen LogP contribution >= 0.6 is 0 Å². The number of rotatable bonds is 6. The van der Waals surface area contributed by atoms with Crippen LogP contribution in [0.15, 0.2) is 134 Å². The van der Waals surface area contributed by atoms with Crippen molar-refractivity contribution in [3.63, 3.8) is 0 Å². The van der Waals surface area contributed by atoms with Crippen LogP contribution in [-0.4, -0.2) is 5.91 Å². The summed E-state index contributed by atoms with van der Waals surface area (Å²) in [5.41, 5.74) is 3.62. The zero-order valence-electron chi connectivity index (χ0n) is 16.5. The monoisotopic (exact) mass is 390 g/mol. The molecule has 146 valence electrons. The van der Waals surface area contributed by atoms with Gasteiger partial charge in [-0.3, -0.25) is 9.69 Å². The van der Waals surface area contributed by atoms with Crippen LogP contribution in [0.1, 0.15) is 0 Å². The Balaban J connectivity index is 1.69. The Hall–Kier alpha value is -4.11. The van der Waals surface area contributed by atoms with E-state index in [1.54, 1.807) is 11.0 Å². The molecule has 0 saturated heterocycles. The van der Waals surface area contributed by atoms with Gasteiger partial charge < -0.3 is 4.90 Å². The van der Waals surface area contributed by atoms with Gasteiger partial charge in [-0.15, -0.1) is 0 Å². The molecule has 0 heterocycles. The van der Waals surface area contributed by atoms with E-state index < -0.39 is 0 Å². The minimum Gasteiger partial charge on any atom is -0.317 e. The molecule has 4 aromatic rings. The Morgan fingerprint density at radius 1 is 0.500 bits per heavy atom. The van der Waals surface area contributed by atoms with Crippen molar-refractivity contribution >= 4 is 28.7 Å². The summed E-state index contributed by atoms with van der Waals surface area (Å²) in [6.45, 7) is 0. The SMILES string of the molecule is O=C(/C=C/N(c1ccccc1)c1ccccc1)N(c1ccccc1)c1ccccc1. The molecule has 3 nitrogen and oxygen atoms in total. The quantitative estimate of drug-likeness (QED) is 0.342. The molecular formula is C27H22N2O. The highest BCUT2D eigenvalue weighted by molar-refractivity contribution is 6.07. The highest BCUT2D eigenvalue weighted by Gasteiger charge is 2.16. The van der Waals surface area contributed by atoms with E-state index in [1.165, 1.54) is 0 Å². The Morgan fingerprint density at radius 2 is 0.833 bits per heavy atom. The Bertz CT molecular complexity index is 1020. The standard InChI is InChI=1S/C27H22N2O/c30-27(29(25-17-9-3-10-18-25)26-19-11-4-12-20-26)21-22-28(23-13-5-1-6-14-23)24-15-7-2-8-16-24/h1-22H/b22-21+. The van der Waals surface area contributed by atoms with Gasteiger partial charge >= 0.3 is 0 Å². The lowest BCUT2D eigenvalue weighted by atomic mass is 10.2. The molecule has 1 amide bonds. The molecule has 0 fully saturated rings. The normalized spacial score (nSPS) is 10.7. The molecule has 0 aliphatic rings. The van der Waals surface area contributed by atoms with Crippen molar-refractivity contribution in [3.05, 3.63) is 134 Å². The summed E-state index contributed by atoms with van der Waals surface area (Å²) in [6, 6.07) is 39.4. The van der Waals surface area contributed by atoms with Gasteiger partial charge in [-0.05, 0) is 48.5 Å². The molecule has 0 unspecified atom stereocenters. The van der Waals surface area contributed by atoms with Crippen molar-refractivity contribution in [1.29, 1.82) is 0 Å². The molecule has 0 N–H and O–H groups in total. The first-order valence-corrected chi connectivity index (χ1v) is 9.85. The van der Waals surface area contributed by atoms with Crippen molar-refractivity contribution in [2.45, 2.75) is 0 Å². The van der Waals surface area contributed by atoms with Crippen molar-refractivity contribution in [2.24, 2.45) is 0 Å². The van der Waals surface area contributed by atoms with Crippen LogP contribution in [-0.2, 0) is 4.79 Å². The van der Waals surface area contributed by atoms with Gasteiger partial charge in [0.1, 0.15) is 0 Å². The molecule has 3 heteroatoms. The number of benzene rings is 4. The fourth-order valence-electron chi connectivity index (χ4n) is 3.27. The van der Waals surface area contributed by atoms with E-state index in [0.717, 1.165) is 22.7 Å². The van der Waals surface area contributed by atoms with Gasteiger partial charge in [-0.2, -0.15) is 0 Å². The van der Waals surface area contributed by atoms with E-state index in [4.69, 9.17) is 0 Å². The summed E-state index contributed by atoms with van der Waals surface area (Å²) in [5.74, 6) is -0.121. The van der Waals surface area contributed by atoms with Gasteiger partial charge in [0.05, 0.1) is 0 Å². The third-order valence-corrected chi connectivity index (χ3v) is 4.68. The van der Waals surface area contributed by atoms with Crippen LogP contribution in [0.4, 0.5) is 22.7 Å². The van der Waals surface area contributed by atoms with E-state index in [9.17, 15) is 4.79 Å². The van der Waals surface area contributed by atoms with Crippen LogP contribution in [0.5, 0.6) is 0 Å². The molecule has 0 aromatic heterocycles. The van der Waals surface area contributed by atoms with Crippen LogP contribution < -0.4 is 9.80 Å². The third-order valence-electron chi connectivity index (χ3n) is 4.68. The van der Waals surface area contributed by atoms with E-state index in [1.807, 2.05) is 132 Å². The summed E-state index contributed by atoms with van der Waals surface area (Å²) in [5, 5.41) is 0. The number of anilines is 4. The molecule has 4 rings (SSSR count). The van der Waals surface area contributed by atoms with Crippen LogP contribution in [0, 0.1) is 0 Å². The van der Waals surface area contributed by atoms with E-state index >= 15 is 0 Å². The zero-order valence-corrected chi connectivity index (χ0v) is 16.5. The van der Waals surface area contributed by atoms with E-state index in [0.29, 0.717) is 0 Å². The maximum Gasteiger partial charge on any atom is 0.257 e. The molecule has 0 aliphatic heterocycles. The lowest BCUT2D eigenvalue weighted by Crippen LogP contribution is -2.24. The van der Waals surface area contributed by atoms with Gasteiger partial charge in [-0.1, -0.05) is 72.8 Å². The Labute approximate surface area is 177 Å². The number of carbonyl (C=O) groups is 1. The van der Waals surface area contributed by atoms with Crippen molar-refractivity contribution in [3.8, 4) is 0 Å². The summed E-state index contributed by atoms with van der Waals surface area (Å²) >= 11 is 0. The third kappa shape index (κ3) is 4.47. The van der Waals surface area contributed by atoms with E-state index in [2.05, 4.69) is 0 Å². The lowest BCUT2D eigenvalue weighted by molar-refractivity contribution is -0.113. The first kappa shape index (κ1) is 19.2. The Kier molecular flexibility index (Phi) is 6.02. The molecule has 0 bridgehead atoms. The van der Waals surface area contributed by atoms with Crippen LogP contribution in [0.25, 0.3) is 0 Å². The van der Waals surface area contributed by atoms with Gasteiger partial charge in [-0.25, -0.2) is 0 Å². The second-order valence-electron chi connectivity index (χ2n) is 6.70. The average Bonchev–Trinajstić information content (AvgIpc) is 2.82. The second-order valence-corrected chi connectivity index (χ2v) is 6.70. The number of hydrogen-bond donors (Lipinski definition) is 0. The largest absolute Gasteiger partial charge is 0.317 e. The minimum absolute atomic E-state index is 0.121. The van der Waals surface area contributed by atoms with Crippen LogP contribution in [0.2, 0.25) is 0 Å². The Morgan fingerprint density at radius 3 is 1.20 bits per heavy atom. The van der Waals surface area contributed by atoms with E-state index in [-0.39, 0.29) is 5.91 Å². The highest BCUT2D eigenvalue weighted by Crippen LogP contribution is 2.27. The number of amides is 1. The predicted octanol–water partition coefficient (Wildman–Crippen LogP) is 6.70. The number of hydrogen-bond acceptors (Lipinski definition) is 2. The maximum atomic E-state index is 13.3. The minimum atomic E-state index is -0.121. The van der Waals surface area contributed by atoms with Gasteiger partial charge in [0.25, 0.3) is 5.91 Å². The number of carbonyl (C=O) groups excluding carboxylic acids is 1. The summed E-state index contributed by atoms with van der Waals surface area (Å²) in [6.07, 6.45) is 3.44. The molecule has 30 heavy (non-hydrogen) atoms. The highest BCUT2D eigenvalue weighted by atomic mass is 16.2. The molecule has 0 atom stereocenters. The average molecular weight is 390 g/mol. The molecule has 0 spiro atoms. The molecule has 0 saturated carbocycles. The smallest absolute Gasteiger partial charge is 0.257 e. The zero-order chi connectivity index (χ0) is 20.6. The fourth-order valence-corrected chi connectivity index (χ4v) is 3.27. The van der Waals surface area contributed by atoms with Crippen molar-refractivity contribution in [2.75, 3.05) is 9.80 Å². The summed E-state index contributed by atoms with van der Waals surface area (Å²) in [4.78, 5) is 17.0. The van der Waals surface area contributed by atoms with Crippen molar-refractivity contribution in [1.82, 2.24) is 0 Å². The molecule has 0 radical (unpaired) electrons. The number of para-hydroxylation sites is 4. The topological polar surface area (TPSA) is 23.6 Å². The summed E-state index contributed by atoms with van der Waals surface area (Å²) in [7, 11) is 0. The molecule has 0 aliphatic carbocycles. The first-order chi connectivity index (χ1) is 14.8. The lowest BCUT2D eigenvalue weighted by Gasteiger charge is -2.23. The van der Waals surface area contributed by atoms with Gasteiger partial charge in [0, 0.05) is 35.0 Å². The maximum absolute atomic E-state index is 13.3. The van der Waals surface area contributed by atoms with Gasteiger partial charge in [0.15, 0.2) is 0 Å².